The molecule has 0 aromatic heterocycles. The second kappa shape index (κ2) is 8.82. The topological polar surface area (TPSA) is 32.3 Å². The van der Waals surface area contributed by atoms with Crippen molar-refractivity contribution in [3.63, 3.8) is 0 Å². The number of nitrogens with one attached hydrogen (secondary N) is 1. The van der Waals surface area contributed by atoms with Crippen molar-refractivity contribution >= 4 is 18.3 Å². The van der Waals surface area contributed by atoms with Crippen LogP contribution in [0.1, 0.15) is 46.0 Å². The summed E-state index contributed by atoms with van der Waals surface area (Å²) in [6, 6.07) is 0.0943. The quantitative estimate of drug-likeness (QED) is 0.809. The van der Waals surface area contributed by atoms with E-state index in [9.17, 15) is 4.79 Å². The van der Waals surface area contributed by atoms with Gasteiger partial charge in [-0.25, -0.2) is 0 Å². The normalized spacial score (nSPS) is 20.0. The van der Waals surface area contributed by atoms with Crippen LogP contribution in [0.2, 0.25) is 0 Å². The van der Waals surface area contributed by atoms with Crippen molar-refractivity contribution in [1.82, 2.24) is 10.2 Å². The molecule has 1 unspecified atom stereocenters. The number of carbonyl (C=O) groups excluding carboxylic acids is 1. The Bertz CT molecular complexity index is 187. The molecule has 0 bridgehead atoms. The summed E-state index contributed by atoms with van der Waals surface area (Å²) in [5, 5.41) is 3.32. The predicted molar refractivity (Wildman–Crippen MR) is 70.1 cm³/mol. The molecule has 96 valence electrons. The van der Waals surface area contributed by atoms with Gasteiger partial charge in [0.2, 0.25) is 5.91 Å². The van der Waals surface area contributed by atoms with Gasteiger partial charge in [-0.15, -0.1) is 12.4 Å². The van der Waals surface area contributed by atoms with Crippen LogP contribution in [0.4, 0.5) is 0 Å². The third-order valence-electron chi connectivity index (χ3n) is 2.91. The molecule has 1 aliphatic rings. The number of nitrogens with zero attached hydrogens (tertiary/aromatic N) is 1. The van der Waals surface area contributed by atoms with Crippen molar-refractivity contribution in [1.29, 1.82) is 0 Å². The summed E-state index contributed by atoms with van der Waals surface area (Å²) < 4.78 is 0. The van der Waals surface area contributed by atoms with Crippen molar-refractivity contribution in [3.8, 4) is 0 Å². The van der Waals surface area contributed by atoms with Crippen LogP contribution >= 0.6 is 12.4 Å². The van der Waals surface area contributed by atoms with Crippen molar-refractivity contribution in [2.75, 3.05) is 19.6 Å². The van der Waals surface area contributed by atoms with Gasteiger partial charge in [-0.2, -0.15) is 0 Å². The third kappa shape index (κ3) is 4.71. The lowest BCUT2D eigenvalue weighted by atomic mass is 10.0. The average molecular weight is 249 g/mol. The largest absolute Gasteiger partial charge is 0.341 e. The Morgan fingerprint density at radius 1 is 1.25 bits per heavy atom. The van der Waals surface area contributed by atoms with Crippen molar-refractivity contribution in [2.45, 2.75) is 52.0 Å². The smallest absolute Gasteiger partial charge is 0.239 e. The summed E-state index contributed by atoms with van der Waals surface area (Å²) in [4.78, 5) is 14.2. The molecule has 0 aromatic carbocycles. The van der Waals surface area contributed by atoms with Crippen LogP contribution in [0.15, 0.2) is 0 Å². The minimum absolute atomic E-state index is 0. The van der Waals surface area contributed by atoms with Crippen molar-refractivity contribution < 1.29 is 4.79 Å². The van der Waals surface area contributed by atoms with E-state index in [4.69, 9.17) is 0 Å². The van der Waals surface area contributed by atoms with Crippen molar-refractivity contribution in [2.24, 2.45) is 0 Å². The van der Waals surface area contributed by atoms with Gasteiger partial charge < -0.3 is 10.2 Å². The Balaban J connectivity index is 0.00000225. The summed E-state index contributed by atoms with van der Waals surface area (Å²) in [5.41, 5.74) is 0. The second-order valence-electron chi connectivity index (χ2n) is 4.33. The molecule has 1 rings (SSSR count). The van der Waals surface area contributed by atoms with Crippen LogP contribution < -0.4 is 5.32 Å². The summed E-state index contributed by atoms with van der Waals surface area (Å²) >= 11 is 0. The molecule has 1 fully saturated rings. The minimum atomic E-state index is 0. The molecule has 1 amide bonds. The maximum atomic E-state index is 12.1. The summed E-state index contributed by atoms with van der Waals surface area (Å²) in [6.07, 6.45) is 5.53. The van der Waals surface area contributed by atoms with E-state index < -0.39 is 0 Å². The number of amides is 1. The number of hydrogen-bond acceptors (Lipinski definition) is 2. The highest BCUT2D eigenvalue weighted by Crippen LogP contribution is 2.10. The highest BCUT2D eigenvalue weighted by Gasteiger charge is 2.24. The maximum Gasteiger partial charge on any atom is 0.239 e. The Labute approximate surface area is 105 Å². The van der Waals surface area contributed by atoms with Crippen LogP contribution in [-0.4, -0.2) is 36.5 Å². The molecule has 0 aliphatic carbocycles. The molecule has 1 atom stereocenters. The molecule has 0 saturated carbocycles. The summed E-state index contributed by atoms with van der Waals surface area (Å²) in [6.45, 7) is 7.08. The first-order valence-electron chi connectivity index (χ1n) is 6.31. The van der Waals surface area contributed by atoms with Crippen LogP contribution in [0, 0.1) is 0 Å². The van der Waals surface area contributed by atoms with Gasteiger partial charge in [-0.1, -0.05) is 20.3 Å². The molecule has 1 aliphatic heterocycles. The van der Waals surface area contributed by atoms with Gasteiger partial charge in [-0.3, -0.25) is 4.79 Å². The Morgan fingerprint density at radius 2 is 1.88 bits per heavy atom. The van der Waals surface area contributed by atoms with Gasteiger partial charge in [0.1, 0.15) is 0 Å². The van der Waals surface area contributed by atoms with Gasteiger partial charge in [-0.05, 0) is 32.2 Å². The molecular formula is C12H25ClN2O. The fourth-order valence-electron chi connectivity index (χ4n) is 2.16. The number of halogens is 1. The fraction of sp³-hybridized carbons (Fsp3) is 0.917. The maximum absolute atomic E-state index is 12.1. The minimum Gasteiger partial charge on any atom is -0.341 e. The predicted octanol–water partition coefficient (Wildman–Crippen LogP) is 2.20. The number of rotatable bonds is 5. The lowest BCUT2D eigenvalue weighted by molar-refractivity contribution is -0.134. The van der Waals surface area contributed by atoms with E-state index in [2.05, 4.69) is 19.2 Å². The van der Waals surface area contributed by atoms with E-state index >= 15 is 0 Å². The van der Waals surface area contributed by atoms with E-state index in [1.54, 1.807) is 0 Å². The molecule has 0 spiro atoms. The lowest BCUT2D eigenvalue weighted by Gasteiger charge is -2.29. The first kappa shape index (κ1) is 15.7. The molecule has 16 heavy (non-hydrogen) atoms. The number of piperidine rings is 1. The van der Waals surface area contributed by atoms with E-state index in [0.717, 1.165) is 38.9 Å². The van der Waals surface area contributed by atoms with Gasteiger partial charge in [0, 0.05) is 13.1 Å². The van der Waals surface area contributed by atoms with Gasteiger partial charge in [0.15, 0.2) is 0 Å². The zero-order chi connectivity index (χ0) is 11.1. The monoisotopic (exact) mass is 248 g/mol. The molecular weight excluding hydrogens is 224 g/mol. The van der Waals surface area contributed by atoms with Crippen LogP contribution in [0.5, 0.6) is 0 Å². The molecule has 0 aromatic rings. The van der Waals surface area contributed by atoms with Crippen molar-refractivity contribution in [3.05, 3.63) is 0 Å². The Hall–Kier alpha value is -0.280. The molecule has 1 N–H and O–H groups in total. The second-order valence-corrected chi connectivity index (χ2v) is 4.33. The zero-order valence-electron chi connectivity index (χ0n) is 10.5. The summed E-state index contributed by atoms with van der Waals surface area (Å²) in [5.74, 6) is 0.318. The van der Waals surface area contributed by atoms with Crippen LogP contribution in [-0.2, 0) is 4.79 Å². The standard InChI is InChI=1S/C12H24N2O.ClH/c1-3-9-14(10-4-2)12(15)11-7-5-6-8-13-11;/h11,13H,3-10H2,1-2H3;1H. The zero-order valence-corrected chi connectivity index (χ0v) is 11.3. The lowest BCUT2D eigenvalue weighted by Crippen LogP contribution is -2.49. The Kier molecular flexibility index (Phi) is 8.67. The summed E-state index contributed by atoms with van der Waals surface area (Å²) in [7, 11) is 0. The molecule has 0 radical (unpaired) electrons. The fourth-order valence-corrected chi connectivity index (χ4v) is 2.16. The first-order valence-corrected chi connectivity index (χ1v) is 6.31. The highest BCUT2D eigenvalue weighted by atomic mass is 35.5. The van der Waals surface area contributed by atoms with E-state index in [1.807, 2.05) is 4.90 Å². The SMILES string of the molecule is CCCN(CCC)C(=O)C1CCCCN1.Cl. The Morgan fingerprint density at radius 3 is 2.31 bits per heavy atom. The van der Waals surface area contributed by atoms with E-state index in [0.29, 0.717) is 5.91 Å². The molecule has 4 heteroatoms. The average Bonchev–Trinajstić information content (AvgIpc) is 2.29. The number of hydrogen-bond donors (Lipinski definition) is 1. The van der Waals surface area contributed by atoms with Crippen LogP contribution in [0.3, 0.4) is 0 Å². The highest BCUT2D eigenvalue weighted by molar-refractivity contribution is 5.85. The van der Waals surface area contributed by atoms with E-state index in [1.165, 1.54) is 12.8 Å². The molecule has 1 saturated heterocycles. The van der Waals surface area contributed by atoms with E-state index in [-0.39, 0.29) is 18.4 Å². The van der Waals surface area contributed by atoms with Crippen LogP contribution in [0.25, 0.3) is 0 Å². The first-order chi connectivity index (χ1) is 7.29. The van der Waals surface area contributed by atoms with Gasteiger partial charge in [0.05, 0.1) is 6.04 Å². The number of carbonyl (C=O) groups is 1. The van der Waals surface area contributed by atoms with Gasteiger partial charge in [0.25, 0.3) is 0 Å². The molecule has 1 heterocycles. The van der Waals surface area contributed by atoms with Gasteiger partial charge >= 0.3 is 0 Å². The molecule has 3 nitrogen and oxygen atoms in total. The third-order valence-corrected chi connectivity index (χ3v) is 2.91.